The van der Waals surface area contributed by atoms with Crippen LogP contribution in [-0.4, -0.2) is 28.3 Å². The van der Waals surface area contributed by atoms with Crippen molar-refractivity contribution < 1.29 is 9.18 Å². The third kappa shape index (κ3) is 4.09. The molecule has 7 heteroatoms. The van der Waals surface area contributed by atoms with Crippen LogP contribution in [0.25, 0.3) is 5.69 Å². The highest BCUT2D eigenvalue weighted by molar-refractivity contribution is 5.92. The SMILES string of the molecule is C[C@H]1C[C@@H](C(=O)Nc2cnn(-c3ccccc3F)c2)CCN1.Cl. The van der Waals surface area contributed by atoms with Gasteiger partial charge < -0.3 is 10.6 Å². The Kier molecular flexibility index (Phi) is 5.74. The van der Waals surface area contributed by atoms with Crippen molar-refractivity contribution in [3.8, 4) is 5.69 Å². The van der Waals surface area contributed by atoms with E-state index < -0.39 is 0 Å². The van der Waals surface area contributed by atoms with Gasteiger partial charge >= 0.3 is 0 Å². The maximum atomic E-state index is 13.7. The number of nitrogens with zero attached hydrogens (tertiary/aromatic N) is 2. The van der Waals surface area contributed by atoms with Gasteiger partial charge in [-0.2, -0.15) is 5.10 Å². The summed E-state index contributed by atoms with van der Waals surface area (Å²) < 4.78 is 15.2. The average molecular weight is 339 g/mol. The van der Waals surface area contributed by atoms with Gasteiger partial charge in [0.1, 0.15) is 11.5 Å². The second kappa shape index (κ2) is 7.57. The number of halogens is 2. The molecule has 2 N–H and O–H groups in total. The molecule has 5 nitrogen and oxygen atoms in total. The van der Waals surface area contributed by atoms with E-state index in [2.05, 4.69) is 22.7 Å². The Bertz CT molecular complexity index is 676. The van der Waals surface area contributed by atoms with Crippen molar-refractivity contribution >= 4 is 24.0 Å². The first-order valence-electron chi connectivity index (χ1n) is 7.47. The summed E-state index contributed by atoms with van der Waals surface area (Å²) in [6.45, 7) is 2.93. The molecule has 1 fully saturated rings. The number of para-hydroxylation sites is 1. The van der Waals surface area contributed by atoms with Crippen LogP contribution in [0.1, 0.15) is 19.8 Å². The molecular formula is C16H20ClFN4O. The first-order chi connectivity index (χ1) is 10.6. The van der Waals surface area contributed by atoms with Crippen molar-refractivity contribution in [2.75, 3.05) is 11.9 Å². The lowest BCUT2D eigenvalue weighted by Crippen LogP contribution is -2.40. The van der Waals surface area contributed by atoms with E-state index in [1.807, 2.05) is 0 Å². The molecule has 1 aromatic carbocycles. The van der Waals surface area contributed by atoms with Crippen LogP contribution in [0, 0.1) is 11.7 Å². The highest BCUT2D eigenvalue weighted by atomic mass is 35.5. The van der Waals surface area contributed by atoms with Crippen LogP contribution in [0.3, 0.4) is 0 Å². The highest BCUT2D eigenvalue weighted by Crippen LogP contribution is 2.19. The first kappa shape index (κ1) is 17.4. The van der Waals surface area contributed by atoms with Gasteiger partial charge in [-0.05, 0) is 38.4 Å². The number of benzene rings is 1. The van der Waals surface area contributed by atoms with Crippen LogP contribution in [0.5, 0.6) is 0 Å². The Balaban J connectivity index is 0.00000192. The van der Waals surface area contributed by atoms with Gasteiger partial charge in [-0.3, -0.25) is 4.79 Å². The van der Waals surface area contributed by atoms with E-state index >= 15 is 0 Å². The lowest BCUT2D eigenvalue weighted by molar-refractivity contribution is -0.120. The van der Waals surface area contributed by atoms with Gasteiger partial charge in [0, 0.05) is 12.0 Å². The maximum absolute atomic E-state index is 13.7. The molecule has 1 saturated heterocycles. The molecule has 1 aliphatic heterocycles. The fourth-order valence-electron chi connectivity index (χ4n) is 2.77. The van der Waals surface area contributed by atoms with Gasteiger partial charge in [-0.15, -0.1) is 12.4 Å². The minimum absolute atomic E-state index is 0. The van der Waals surface area contributed by atoms with Crippen LogP contribution in [0.2, 0.25) is 0 Å². The number of hydrogen-bond donors (Lipinski definition) is 2. The molecule has 1 aromatic heterocycles. The minimum atomic E-state index is -0.351. The predicted molar refractivity (Wildman–Crippen MR) is 89.6 cm³/mol. The number of hydrogen-bond acceptors (Lipinski definition) is 3. The van der Waals surface area contributed by atoms with E-state index in [1.54, 1.807) is 24.4 Å². The highest BCUT2D eigenvalue weighted by Gasteiger charge is 2.24. The van der Waals surface area contributed by atoms with E-state index in [4.69, 9.17) is 0 Å². The molecule has 1 amide bonds. The lowest BCUT2D eigenvalue weighted by Gasteiger charge is -2.26. The second-order valence-corrected chi connectivity index (χ2v) is 5.69. The van der Waals surface area contributed by atoms with E-state index in [0.29, 0.717) is 17.4 Å². The average Bonchev–Trinajstić information content (AvgIpc) is 2.96. The molecule has 3 rings (SSSR count). The fourth-order valence-corrected chi connectivity index (χ4v) is 2.77. The quantitative estimate of drug-likeness (QED) is 0.904. The summed E-state index contributed by atoms with van der Waals surface area (Å²) in [6.07, 6.45) is 4.82. The zero-order valence-electron chi connectivity index (χ0n) is 12.8. The molecule has 0 bridgehead atoms. The van der Waals surface area contributed by atoms with E-state index in [0.717, 1.165) is 19.4 Å². The number of aromatic nitrogens is 2. The monoisotopic (exact) mass is 338 g/mol. The van der Waals surface area contributed by atoms with E-state index in [-0.39, 0.29) is 30.0 Å². The summed E-state index contributed by atoms with van der Waals surface area (Å²) in [4.78, 5) is 12.3. The van der Waals surface area contributed by atoms with Crippen LogP contribution >= 0.6 is 12.4 Å². The van der Waals surface area contributed by atoms with E-state index in [9.17, 15) is 9.18 Å². The standard InChI is InChI=1S/C16H19FN4O.ClH/c1-11-8-12(6-7-18-11)16(22)20-13-9-19-21(10-13)15-5-3-2-4-14(15)17;/h2-5,9-12,18H,6-8H2,1H3,(H,20,22);1H/t11-,12-;/m0./s1. The molecule has 2 heterocycles. The summed E-state index contributed by atoms with van der Waals surface area (Å²) in [5, 5.41) is 10.3. The summed E-state index contributed by atoms with van der Waals surface area (Å²) >= 11 is 0. The molecule has 0 spiro atoms. The number of rotatable bonds is 3. The number of piperidine rings is 1. The fraction of sp³-hybridized carbons (Fsp3) is 0.375. The predicted octanol–water partition coefficient (Wildman–Crippen LogP) is 2.76. The Hall–Kier alpha value is -1.92. The van der Waals surface area contributed by atoms with Crippen molar-refractivity contribution in [1.82, 2.24) is 15.1 Å². The molecule has 2 aromatic rings. The summed E-state index contributed by atoms with van der Waals surface area (Å²) in [5.41, 5.74) is 0.943. The van der Waals surface area contributed by atoms with Crippen molar-refractivity contribution in [3.63, 3.8) is 0 Å². The van der Waals surface area contributed by atoms with Gasteiger partial charge in [0.25, 0.3) is 0 Å². The van der Waals surface area contributed by atoms with Crippen LogP contribution in [0.15, 0.2) is 36.7 Å². The molecule has 0 unspecified atom stereocenters. The van der Waals surface area contributed by atoms with Crippen molar-refractivity contribution in [1.29, 1.82) is 0 Å². The third-order valence-electron chi connectivity index (χ3n) is 3.94. The van der Waals surface area contributed by atoms with Crippen molar-refractivity contribution in [2.24, 2.45) is 5.92 Å². The molecular weight excluding hydrogens is 319 g/mol. The van der Waals surface area contributed by atoms with E-state index in [1.165, 1.54) is 16.9 Å². The summed E-state index contributed by atoms with van der Waals surface area (Å²) in [6, 6.07) is 6.75. The molecule has 124 valence electrons. The van der Waals surface area contributed by atoms with Gasteiger partial charge in [0.05, 0.1) is 18.1 Å². The Morgan fingerprint density at radius 1 is 1.43 bits per heavy atom. The summed E-state index contributed by atoms with van der Waals surface area (Å²) in [5.74, 6) is -0.342. The Labute approximate surface area is 140 Å². The smallest absolute Gasteiger partial charge is 0.227 e. The zero-order valence-corrected chi connectivity index (χ0v) is 13.6. The largest absolute Gasteiger partial charge is 0.323 e. The van der Waals surface area contributed by atoms with Crippen LogP contribution in [0.4, 0.5) is 10.1 Å². The van der Waals surface area contributed by atoms with Gasteiger partial charge in [0.2, 0.25) is 5.91 Å². The number of carbonyl (C=O) groups excluding carboxylic acids is 1. The topological polar surface area (TPSA) is 59.0 Å². The van der Waals surface area contributed by atoms with Gasteiger partial charge in [-0.1, -0.05) is 12.1 Å². The Morgan fingerprint density at radius 3 is 2.96 bits per heavy atom. The molecule has 1 aliphatic rings. The second-order valence-electron chi connectivity index (χ2n) is 5.69. The number of amides is 1. The van der Waals surface area contributed by atoms with Crippen molar-refractivity contribution in [3.05, 3.63) is 42.5 Å². The normalized spacial score (nSPS) is 20.6. The zero-order chi connectivity index (χ0) is 15.5. The van der Waals surface area contributed by atoms with Crippen LogP contribution < -0.4 is 10.6 Å². The van der Waals surface area contributed by atoms with Crippen LogP contribution in [-0.2, 0) is 4.79 Å². The third-order valence-corrected chi connectivity index (χ3v) is 3.94. The molecule has 0 saturated carbocycles. The number of nitrogens with one attached hydrogen (secondary N) is 2. The van der Waals surface area contributed by atoms with Gasteiger partial charge in [-0.25, -0.2) is 9.07 Å². The summed E-state index contributed by atoms with van der Waals surface area (Å²) in [7, 11) is 0. The lowest BCUT2D eigenvalue weighted by atomic mass is 9.92. The molecule has 23 heavy (non-hydrogen) atoms. The maximum Gasteiger partial charge on any atom is 0.227 e. The Morgan fingerprint density at radius 2 is 2.22 bits per heavy atom. The van der Waals surface area contributed by atoms with Gasteiger partial charge in [0.15, 0.2) is 0 Å². The van der Waals surface area contributed by atoms with Crippen molar-refractivity contribution in [2.45, 2.75) is 25.8 Å². The molecule has 2 atom stereocenters. The molecule has 0 aliphatic carbocycles. The molecule has 0 radical (unpaired) electrons. The minimum Gasteiger partial charge on any atom is -0.323 e. The number of carbonyl (C=O) groups is 1. The first-order valence-corrected chi connectivity index (χ1v) is 7.47. The number of anilines is 1.